The highest BCUT2D eigenvalue weighted by atomic mass is 19.1. The first-order valence-electron chi connectivity index (χ1n) is 9.81. The highest BCUT2D eigenvalue weighted by Crippen LogP contribution is 2.19. The topological polar surface area (TPSA) is 128 Å². The summed E-state index contributed by atoms with van der Waals surface area (Å²) in [6.45, 7) is 2.76. The van der Waals surface area contributed by atoms with Crippen molar-refractivity contribution in [3.8, 4) is 6.07 Å². The van der Waals surface area contributed by atoms with E-state index < -0.39 is 36.1 Å². The van der Waals surface area contributed by atoms with E-state index in [4.69, 9.17) is 4.74 Å². The number of para-hydroxylation sites is 2. The number of carbonyl (C=O) groups is 2. The average Bonchev–Trinajstić information content (AvgIpc) is 3.20. The summed E-state index contributed by atoms with van der Waals surface area (Å²) in [7, 11) is 0. The van der Waals surface area contributed by atoms with Gasteiger partial charge in [-0.05, 0) is 30.2 Å². The van der Waals surface area contributed by atoms with Crippen LogP contribution in [0.3, 0.4) is 0 Å². The van der Waals surface area contributed by atoms with E-state index in [0.29, 0.717) is 11.0 Å². The number of imidazole rings is 1. The fourth-order valence-corrected chi connectivity index (χ4v) is 2.99. The summed E-state index contributed by atoms with van der Waals surface area (Å²) in [4.78, 5) is 32.1. The maximum absolute atomic E-state index is 13.9. The van der Waals surface area contributed by atoms with E-state index in [1.807, 2.05) is 6.07 Å². The Morgan fingerprint density at radius 3 is 2.56 bits per heavy atom. The van der Waals surface area contributed by atoms with Gasteiger partial charge in [0.05, 0.1) is 16.6 Å². The molecule has 8 nitrogen and oxygen atoms in total. The Morgan fingerprint density at radius 1 is 1.22 bits per heavy atom. The van der Waals surface area contributed by atoms with Crippen LogP contribution in [0.25, 0.3) is 16.6 Å². The molecule has 0 spiro atoms. The van der Waals surface area contributed by atoms with Gasteiger partial charge < -0.3 is 20.1 Å². The molecule has 0 aliphatic rings. The number of carbonyl (C=O) groups excluding carboxylic acids is 2. The van der Waals surface area contributed by atoms with Gasteiger partial charge in [-0.15, -0.1) is 0 Å². The van der Waals surface area contributed by atoms with Gasteiger partial charge in [0.25, 0.3) is 5.91 Å². The molecular formula is C23H21FN4O4. The summed E-state index contributed by atoms with van der Waals surface area (Å²) in [5.74, 6) is -3.06. The molecule has 1 heterocycles. The van der Waals surface area contributed by atoms with Crippen molar-refractivity contribution in [1.82, 2.24) is 15.3 Å². The number of hydrogen-bond donors (Lipinski definition) is 3. The summed E-state index contributed by atoms with van der Waals surface area (Å²) in [5.41, 5.74) is 0.905. The highest BCUT2D eigenvalue weighted by Gasteiger charge is 2.27. The second kappa shape index (κ2) is 9.75. The van der Waals surface area contributed by atoms with Crippen molar-refractivity contribution < 1.29 is 23.8 Å². The summed E-state index contributed by atoms with van der Waals surface area (Å²) in [6, 6.07) is 13.2. The van der Waals surface area contributed by atoms with Gasteiger partial charge in [-0.3, -0.25) is 4.79 Å². The van der Waals surface area contributed by atoms with Gasteiger partial charge in [0.1, 0.15) is 30.1 Å². The second-order valence-electron chi connectivity index (χ2n) is 7.32. The first kappa shape index (κ1) is 22.5. The molecule has 0 fully saturated rings. The molecule has 0 radical (unpaired) electrons. The fraction of sp³-hybridized carbons (Fsp3) is 0.217. The number of halogens is 1. The Morgan fingerprint density at radius 2 is 1.91 bits per heavy atom. The predicted octanol–water partition coefficient (Wildman–Crippen LogP) is 3.49. The van der Waals surface area contributed by atoms with Crippen LogP contribution in [-0.2, 0) is 9.53 Å². The monoisotopic (exact) mass is 436 g/mol. The Hall–Kier alpha value is -4.19. The number of amides is 1. The minimum Gasteiger partial charge on any atom is -0.507 e. The van der Waals surface area contributed by atoms with Crippen LogP contribution in [0.2, 0.25) is 0 Å². The van der Waals surface area contributed by atoms with Crippen molar-refractivity contribution in [3.05, 3.63) is 71.5 Å². The van der Waals surface area contributed by atoms with Crippen LogP contribution in [0.15, 0.2) is 54.3 Å². The number of nitrogens with one attached hydrogen (secondary N) is 2. The number of nitriles is 1. The van der Waals surface area contributed by atoms with Gasteiger partial charge in [0.2, 0.25) is 0 Å². The number of aliphatic hydroxyl groups excluding tert-OH is 1. The summed E-state index contributed by atoms with van der Waals surface area (Å²) < 4.78 is 19.0. The van der Waals surface area contributed by atoms with E-state index in [1.54, 1.807) is 38.1 Å². The molecule has 0 aliphatic heterocycles. The molecular weight excluding hydrogens is 415 g/mol. The Bertz CT molecular complexity index is 1190. The Labute approximate surface area is 183 Å². The van der Waals surface area contributed by atoms with E-state index >= 15 is 0 Å². The number of esters is 1. The first-order valence-corrected chi connectivity index (χ1v) is 9.81. The van der Waals surface area contributed by atoms with Crippen LogP contribution in [0.5, 0.6) is 0 Å². The number of aromatic nitrogens is 2. The van der Waals surface area contributed by atoms with Gasteiger partial charge in [-0.2, -0.15) is 5.26 Å². The van der Waals surface area contributed by atoms with Gasteiger partial charge in [0, 0.05) is 0 Å². The number of ether oxygens (including phenoxy) is 1. The molecule has 0 saturated carbocycles. The number of benzene rings is 2. The third kappa shape index (κ3) is 4.92. The molecule has 3 rings (SSSR count). The number of aromatic amines is 1. The van der Waals surface area contributed by atoms with E-state index in [9.17, 15) is 24.3 Å². The molecule has 9 heteroatoms. The Balaban J connectivity index is 1.73. The molecule has 1 unspecified atom stereocenters. The van der Waals surface area contributed by atoms with Crippen molar-refractivity contribution >= 4 is 28.5 Å². The van der Waals surface area contributed by atoms with E-state index in [0.717, 1.165) is 6.07 Å². The molecule has 3 N–H and O–H groups in total. The summed E-state index contributed by atoms with van der Waals surface area (Å²) in [5, 5.41) is 22.2. The van der Waals surface area contributed by atoms with Gasteiger partial charge in [-0.25, -0.2) is 14.2 Å². The van der Waals surface area contributed by atoms with Gasteiger partial charge >= 0.3 is 5.97 Å². The lowest BCUT2D eigenvalue weighted by atomic mass is 10.0. The summed E-state index contributed by atoms with van der Waals surface area (Å²) >= 11 is 0. The molecule has 0 aliphatic carbocycles. The minimum absolute atomic E-state index is 0.135. The molecule has 32 heavy (non-hydrogen) atoms. The lowest BCUT2D eigenvalue weighted by Gasteiger charge is -2.21. The van der Waals surface area contributed by atoms with E-state index in [2.05, 4.69) is 15.3 Å². The second-order valence-corrected chi connectivity index (χ2v) is 7.32. The number of nitrogens with zero attached hydrogens (tertiary/aromatic N) is 2. The smallest absolute Gasteiger partial charge is 0.329 e. The van der Waals surface area contributed by atoms with Crippen LogP contribution in [-0.4, -0.2) is 39.6 Å². The van der Waals surface area contributed by atoms with Crippen LogP contribution < -0.4 is 5.32 Å². The summed E-state index contributed by atoms with van der Waals surface area (Å²) in [6.07, 6.45) is 0. The number of hydrogen-bond acceptors (Lipinski definition) is 6. The normalized spacial score (nSPS) is 12.7. The average molecular weight is 436 g/mol. The van der Waals surface area contributed by atoms with Gasteiger partial charge in [-0.1, -0.05) is 38.1 Å². The Kier molecular flexibility index (Phi) is 6.85. The highest BCUT2D eigenvalue weighted by molar-refractivity contribution is 5.97. The number of H-pyrrole nitrogens is 1. The zero-order chi connectivity index (χ0) is 23.3. The SMILES string of the molecule is CC(C)C(NC(=O)c1ccccc1F)C(=O)OC/C(O)=C(\C#N)c1nc2ccccc2[nH]1. The van der Waals surface area contributed by atoms with Crippen LogP contribution in [0.1, 0.15) is 30.0 Å². The van der Waals surface area contributed by atoms with Gasteiger partial charge in [0.15, 0.2) is 11.6 Å². The standard InChI is InChI=1S/C23H21FN4O4/c1-13(2)20(28-22(30)14-7-3-4-8-16(14)24)23(31)32-12-19(29)15(11-25)21-26-17-9-5-6-10-18(17)27-21/h3-10,13,20,29H,12H2,1-2H3,(H,26,27)(H,28,30)/b19-15-. The molecule has 3 aromatic rings. The molecule has 2 aromatic carbocycles. The third-order valence-electron chi connectivity index (χ3n) is 4.70. The molecule has 0 saturated heterocycles. The number of allylic oxidation sites excluding steroid dienone is 1. The zero-order valence-electron chi connectivity index (χ0n) is 17.4. The minimum atomic E-state index is -1.09. The molecule has 1 aromatic heterocycles. The van der Waals surface area contributed by atoms with E-state index in [1.165, 1.54) is 18.2 Å². The third-order valence-corrected chi connectivity index (χ3v) is 4.70. The number of aliphatic hydroxyl groups is 1. The molecule has 1 atom stereocenters. The van der Waals surface area contributed by atoms with E-state index in [-0.39, 0.29) is 22.9 Å². The fourth-order valence-electron chi connectivity index (χ4n) is 2.99. The van der Waals surface area contributed by atoms with Crippen molar-refractivity contribution in [2.24, 2.45) is 5.92 Å². The lowest BCUT2D eigenvalue weighted by Crippen LogP contribution is -2.45. The first-order chi connectivity index (χ1) is 15.3. The predicted molar refractivity (Wildman–Crippen MR) is 115 cm³/mol. The molecule has 0 bridgehead atoms. The van der Waals surface area contributed by atoms with Crippen LogP contribution in [0.4, 0.5) is 4.39 Å². The van der Waals surface area contributed by atoms with Crippen LogP contribution in [0, 0.1) is 23.1 Å². The lowest BCUT2D eigenvalue weighted by molar-refractivity contribution is -0.146. The number of rotatable bonds is 7. The largest absolute Gasteiger partial charge is 0.507 e. The molecule has 1 amide bonds. The quantitative estimate of drug-likeness (QED) is 0.295. The maximum Gasteiger partial charge on any atom is 0.329 e. The van der Waals surface area contributed by atoms with Crippen molar-refractivity contribution in [1.29, 1.82) is 5.26 Å². The zero-order valence-corrected chi connectivity index (χ0v) is 17.4. The van der Waals surface area contributed by atoms with Crippen molar-refractivity contribution in [2.75, 3.05) is 6.61 Å². The van der Waals surface area contributed by atoms with Crippen molar-refractivity contribution in [2.45, 2.75) is 19.9 Å². The van der Waals surface area contributed by atoms with Crippen molar-refractivity contribution in [3.63, 3.8) is 0 Å². The molecule has 164 valence electrons. The van der Waals surface area contributed by atoms with Crippen LogP contribution >= 0.6 is 0 Å². The number of fused-ring (bicyclic) bond motifs is 1. The maximum atomic E-state index is 13.9.